The number of rotatable bonds is 2. The molecule has 1 saturated carbocycles. The van der Waals surface area contributed by atoms with E-state index in [1.54, 1.807) is 13.8 Å². The van der Waals surface area contributed by atoms with Gasteiger partial charge in [0.25, 0.3) is 0 Å². The second-order valence-corrected chi connectivity index (χ2v) is 4.04. The summed E-state index contributed by atoms with van der Waals surface area (Å²) in [5.74, 6) is -2.66. The molecule has 0 aromatic heterocycles. The van der Waals surface area contributed by atoms with Crippen LogP contribution in [0.15, 0.2) is 12.2 Å². The number of carbonyl (C=O) groups is 1. The van der Waals surface area contributed by atoms with Crippen LogP contribution in [0.25, 0.3) is 0 Å². The number of aliphatic carboxylic acids is 1. The molecular weight excluding hydrogens is 197 g/mol. The van der Waals surface area contributed by atoms with E-state index in [2.05, 4.69) is 0 Å². The topological polar surface area (TPSA) is 40.1 Å². The Morgan fingerprint density at radius 2 is 1.93 bits per heavy atom. The molecule has 1 aliphatic rings. The van der Waals surface area contributed by atoms with Gasteiger partial charge in [-0.15, -0.1) is 0 Å². The van der Waals surface area contributed by atoms with Gasteiger partial charge in [0.15, 0.2) is 0 Å². The summed E-state index contributed by atoms with van der Waals surface area (Å²) in [4.78, 5) is 10.5. The fourth-order valence-corrected chi connectivity index (χ4v) is 1.70. The highest BCUT2D eigenvalue weighted by Crippen LogP contribution is 2.58. The zero-order valence-electron chi connectivity index (χ0n) is 7.76. The van der Waals surface area contributed by atoms with E-state index in [0.29, 0.717) is 0 Å². The van der Waals surface area contributed by atoms with Gasteiger partial charge < -0.3 is 9.90 Å². The summed E-state index contributed by atoms with van der Waals surface area (Å²) < 4.78 is 35.3. The number of carboxylic acid groups (broad SMARTS) is 1. The van der Waals surface area contributed by atoms with Crippen molar-refractivity contribution in [1.29, 1.82) is 0 Å². The maximum absolute atomic E-state index is 11.8. The van der Waals surface area contributed by atoms with Crippen LogP contribution in [0.4, 0.5) is 13.2 Å². The molecule has 5 heteroatoms. The third-order valence-electron chi connectivity index (χ3n) is 2.66. The van der Waals surface area contributed by atoms with Crippen LogP contribution in [0, 0.1) is 17.3 Å². The number of carbonyl (C=O) groups excluding carboxylic acids is 1. The van der Waals surface area contributed by atoms with E-state index in [1.807, 2.05) is 0 Å². The molecule has 0 aromatic rings. The average Bonchev–Trinajstić information content (AvgIpc) is 2.47. The van der Waals surface area contributed by atoms with Crippen LogP contribution in [0.2, 0.25) is 0 Å². The first kappa shape index (κ1) is 11.1. The zero-order valence-corrected chi connectivity index (χ0v) is 7.76. The van der Waals surface area contributed by atoms with Crippen molar-refractivity contribution in [2.75, 3.05) is 0 Å². The Kier molecular flexibility index (Phi) is 2.37. The second-order valence-electron chi connectivity index (χ2n) is 4.04. The van der Waals surface area contributed by atoms with Crippen LogP contribution in [0.1, 0.15) is 13.8 Å². The Balaban J connectivity index is 2.67. The molecule has 2 nitrogen and oxygen atoms in total. The first-order valence-corrected chi connectivity index (χ1v) is 4.13. The monoisotopic (exact) mass is 207 g/mol. The van der Waals surface area contributed by atoms with Gasteiger partial charge >= 0.3 is 6.18 Å². The van der Waals surface area contributed by atoms with Crippen LogP contribution in [-0.4, -0.2) is 12.1 Å². The molecule has 0 aromatic carbocycles. The highest BCUT2D eigenvalue weighted by Gasteiger charge is 2.57. The van der Waals surface area contributed by atoms with Crippen molar-refractivity contribution in [3.05, 3.63) is 12.2 Å². The van der Waals surface area contributed by atoms with Crippen LogP contribution >= 0.6 is 0 Å². The summed E-state index contributed by atoms with van der Waals surface area (Å²) in [6.45, 7) is 3.22. The third-order valence-corrected chi connectivity index (χ3v) is 2.66. The van der Waals surface area contributed by atoms with Crippen molar-refractivity contribution in [3.8, 4) is 0 Å². The smallest absolute Gasteiger partial charge is 0.409 e. The molecule has 0 amide bonds. The van der Waals surface area contributed by atoms with Gasteiger partial charge in [-0.3, -0.25) is 0 Å². The Labute approximate surface area is 79.4 Å². The molecule has 0 heterocycles. The molecule has 0 aliphatic heterocycles. The first-order valence-electron chi connectivity index (χ1n) is 4.13. The van der Waals surface area contributed by atoms with E-state index in [9.17, 15) is 23.1 Å². The molecule has 2 atom stereocenters. The molecule has 0 spiro atoms. The summed E-state index contributed by atoms with van der Waals surface area (Å²) in [6, 6.07) is 0. The van der Waals surface area contributed by atoms with Gasteiger partial charge in [0.1, 0.15) is 0 Å². The number of hydrogen-bond donors (Lipinski definition) is 0. The normalized spacial score (nSPS) is 30.6. The van der Waals surface area contributed by atoms with Crippen LogP contribution in [0.5, 0.6) is 0 Å². The number of allylic oxidation sites excluding steroid dienone is 2. The Morgan fingerprint density at radius 1 is 1.43 bits per heavy atom. The lowest BCUT2D eigenvalue weighted by Crippen LogP contribution is -2.26. The molecule has 14 heavy (non-hydrogen) atoms. The molecule has 1 fully saturated rings. The van der Waals surface area contributed by atoms with Crippen molar-refractivity contribution in [3.63, 3.8) is 0 Å². The summed E-state index contributed by atoms with van der Waals surface area (Å²) >= 11 is 0. The second kappa shape index (κ2) is 3.00. The predicted octanol–water partition coefficient (Wildman–Crippen LogP) is 1.13. The molecule has 0 N–H and O–H groups in total. The van der Waals surface area contributed by atoms with E-state index >= 15 is 0 Å². The van der Waals surface area contributed by atoms with E-state index in [0.717, 1.165) is 6.08 Å². The van der Waals surface area contributed by atoms with Gasteiger partial charge in [-0.2, -0.15) is 13.2 Å². The molecule has 0 saturated heterocycles. The van der Waals surface area contributed by atoms with E-state index in [-0.39, 0.29) is 6.08 Å². The lowest BCUT2D eigenvalue weighted by Gasteiger charge is -2.01. The van der Waals surface area contributed by atoms with Crippen molar-refractivity contribution in [1.82, 2.24) is 0 Å². The van der Waals surface area contributed by atoms with Gasteiger partial charge in [0, 0.05) is 18.0 Å². The molecule has 0 radical (unpaired) electrons. The van der Waals surface area contributed by atoms with Gasteiger partial charge in [-0.25, -0.2) is 0 Å². The SMILES string of the molecule is CC1(C)[C@@H](C=CC(F)(F)F)[C@@H]1C(=O)[O-]. The summed E-state index contributed by atoms with van der Waals surface area (Å²) in [5, 5.41) is 10.5. The van der Waals surface area contributed by atoms with Crippen molar-refractivity contribution in [2.24, 2.45) is 17.3 Å². The first-order chi connectivity index (χ1) is 6.16. The highest BCUT2D eigenvalue weighted by atomic mass is 19.4. The van der Waals surface area contributed by atoms with Gasteiger partial charge in [0.05, 0.1) is 0 Å². The standard InChI is InChI=1S/C9H11F3O2/c1-8(2)5(6(8)7(13)14)3-4-9(10,11)12/h3-6H,1-2H3,(H,13,14)/p-1/t5-,6+/m0/s1. The van der Waals surface area contributed by atoms with Crippen LogP contribution in [0.3, 0.4) is 0 Å². The molecular formula is C9H10F3O2-. The quantitative estimate of drug-likeness (QED) is 0.637. The lowest BCUT2D eigenvalue weighted by atomic mass is 10.1. The summed E-state index contributed by atoms with van der Waals surface area (Å²) in [7, 11) is 0. The van der Waals surface area contributed by atoms with Crippen molar-refractivity contribution >= 4 is 5.97 Å². The van der Waals surface area contributed by atoms with Gasteiger partial charge in [-0.05, 0) is 11.3 Å². The van der Waals surface area contributed by atoms with Crippen LogP contribution < -0.4 is 5.11 Å². The Hall–Kier alpha value is -1.00. The number of hydrogen-bond acceptors (Lipinski definition) is 2. The van der Waals surface area contributed by atoms with Crippen LogP contribution in [-0.2, 0) is 4.79 Å². The lowest BCUT2D eigenvalue weighted by molar-refractivity contribution is -0.309. The minimum atomic E-state index is -4.38. The summed E-state index contributed by atoms with van der Waals surface area (Å²) in [6.07, 6.45) is -3.39. The molecule has 1 aliphatic carbocycles. The maximum Gasteiger partial charge on any atom is 0.409 e. The van der Waals surface area contributed by atoms with Crippen molar-refractivity contribution in [2.45, 2.75) is 20.0 Å². The minimum absolute atomic E-state index is 0.0857. The molecule has 0 bridgehead atoms. The predicted molar refractivity (Wildman–Crippen MR) is 41.0 cm³/mol. The van der Waals surface area contributed by atoms with Gasteiger partial charge in [-0.1, -0.05) is 19.9 Å². The highest BCUT2D eigenvalue weighted by molar-refractivity contribution is 5.74. The van der Waals surface area contributed by atoms with E-state index in [4.69, 9.17) is 0 Å². The fourth-order valence-electron chi connectivity index (χ4n) is 1.70. The Bertz CT molecular complexity index is 278. The third kappa shape index (κ3) is 2.08. The minimum Gasteiger partial charge on any atom is -0.550 e. The van der Waals surface area contributed by atoms with Gasteiger partial charge in [0.2, 0.25) is 0 Å². The van der Waals surface area contributed by atoms with Crippen molar-refractivity contribution < 1.29 is 23.1 Å². The Morgan fingerprint density at radius 3 is 2.21 bits per heavy atom. The van der Waals surface area contributed by atoms with E-state index in [1.165, 1.54) is 0 Å². The number of carboxylic acids is 1. The average molecular weight is 207 g/mol. The largest absolute Gasteiger partial charge is 0.550 e. The maximum atomic E-state index is 11.8. The number of alkyl halides is 3. The zero-order chi connectivity index (χ0) is 11.1. The number of halogens is 3. The molecule has 1 rings (SSSR count). The van der Waals surface area contributed by atoms with E-state index < -0.39 is 29.4 Å². The molecule has 80 valence electrons. The fraction of sp³-hybridized carbons (Fsp3) is 0.667. The molecule has 0 unspecified atom stereocenters. The summed E-state index contributed by atoms with van der Waals surface area (Å²) in [5.41, 5.74) is -0.624.